The lowest BCUT2D eigenvalue weighted by molar-refractivity contribution is -0.133. The van der Waals surface area contributed by atoms with E-state index in [1.807, 2.05) is 30.3 Å². The third-order valence-electron chi connectivity index (χ3n) is 5.87. The Balaban J connectivity index is 1.45. The monoisotopic (exact) mass is 345 g/mol. The van der Waals surface area contributed by atoms with E-state index in [-0.39, 0.29) is 11.3 Å². The number of hydrogen-bond donors (Lipinski definition) is 1. The van der Waals surface area contributed by atoms with Crippen LogP contribution in [0.5, 0.6) is 0 Å². The lowest BCUT2D eigenvalue weighted by Crippen LogP contribution is -2.48. The zero-order valence-corrected chi connectivity index (χ0v) is 14.9. The van der Waals surface area contributed by atoms with Gasteiger partial charge in [0.15, 0.2) is 0 Å². The number of hydrogen-bond acceptors (Lipinski definition) is 3. The summed E-state index contributed by atoms with van der Waals surface area (Å²) >= 11 is 0. The molecule has 0 aliphatic carbocycles. The minimum atomic E-state index is -0.270. The van der Waals surface area contributed by atoms with Crippen LogP contribution in [0.4, 0.5) is 0 Å². The average molecular weight is 345 g/mol. The highest BCUT2D eigenvalue weighted by atomic mass is 16.2. The summed E-state index contributed by atoms with van der Waals surface area (Å²) in [6.07, 6.45) is 2.63. The van der Waals surface area contributed by atoms with Gasteiger partial charge in [0, 0.05) is 13.1 Å². The molecule has 1 saturated heterocycles. The van der Waals surface area contributed by atoms with Crippen molar-refractivity contribution in [2.75, 3.05) is 13.1 Å². The van der Waals surface area contributed by atoms with Crippen LogP contribution >= 0.6 is 0 Å². The second kappa shape index (κ2) is 6.93. The number of carbonyl (C=O) groups is 1. The zero-order valence-electron chi connectivity index (χ0n) is 14.9. The maximum absolute atomic E-state index is 12.8. The Hall–Kier alpha value is -2.64. The topological polar surface area (TPSA) is 56.1 Å². The Morgan fingerprint density at radius 2 is 1.73 bits per heavy atom. The summed E-state index contributed by atoms with van der Waals surface area (Å²) < 4.78 is 0. The molecular formula is C22H23N3O. The van der Waals surface area contributed by atoms with Gasteiger partial charge in [0.1, 0.15) is 0 Å². The van der Waals surface area contributed by atoms with Crippen LogP contribution in [0, 0.1) is 16.7 Å². The lowest BCUT2D eigenvalue weighted by Gasteiger charge is -2.40. The van der Waals surface area contributed by atoms with Crippen molar-refractivity contribution in [1.82, 2.24) is 10.2 Å². The van der Waals surface area contributed by atoms with Gasteiger partial charge < -0.3 is 5.32 Å². The second-order valence-electron chi connectivity index (χ2n) is 7.49. The highest BCUT2D eigenvalue weighted by Crippen LogP contribution is 2.38. The maximum Gasteiger partial charge on any atom is 0.226 e. The number of fused-ring (bicyclic) bond motifs is 1. The Labute approximate surface area is 154 Å². The number of nitrogens with one attached hydrogen (secondary N) is 1. The van der Waals surface area contributed by atoms with Gasteiger partial charge in [-0.25, -0.2) is 0 Å². The van der Waals surface area contributed by atoms with E-state index in [1.54, 1.807) is 0 Å². The molecule has 2 aromatic carbocycles. The molecule has 2 heterocycles. The Morgan fingerprint density at radius 1 is 1.04 bits per heavy atom. The highest BCUT2D eigenvalue weighted by Gasteiger charge is 2.42. The standard InChI is InChI=1S/C22H23N3O/c23-14-17-5-7-18(8-6-17)16-25-11-9-22(10-12-25)13-19-3-1-2-4-20(19)15-24-21(22)26/h1-8H,9-13,15-16H2,(H,24,26). The molecule has 4 nitrogen and oxygen atoms in total. The number of rotatable bonds is 2. The molecule has 26 heavy (non-hydrogen) atoms. The largest absolute Gasteiger partial charge is 0.352 e. The predicted octanol–water partition coefficient (Wildman–Crippen LogP) is 3.01. The molecule has 2 aliphatic rings. The van der Waals surface area contributed by atoms with Crippen molar-refractivity contribution in [1.29, 1.82) is 5.26 Å². The number of carbonyl (C=O) groups excluding carboxylic acids is 1. The fraction of sp³-hybridized carbons (Fsp3) is 0.364. The van der Waals surface area contributed by atoms with E-state index < -0.39 is 0 Å². The van der Waals surface area contributed by atoms with Gasteiger partial charge in [-0.05, 0) is 61.2 Å². The van der Waals surface area contributed by atoms with Crippen molar-refractivity contribution in [3.8, 4) is 6.07 Å². The molecule has 0 unspecified atom stereocenters. The number of likely N-dealkylation sites (tertiary alicyclic amines) is 1. The minimum Gasteiger partial charge on any atom is -0.352 e. The van der Waals surface area contributed by atoms with Crippen molar-refractivity contribution in [2.24, 2.45) is 5.41 Å². The first-order valence-corrected chi connectivity index (χ1v) is 9.25. The summed E-state index contributed by atoms with van der Waals surface area (Å²) in [5, 5.41) is 12.1. The molecule has 4 heteroatoms. The molecule has 1 fully saturated rings. The van der Waals surface area contributed by atoms with Crippen molar-refractivity contribution in [3.63, 3.8) is 0 Å². The molecule has 4 rings (SSSR count). The van der Waals surface area contributed by atoms with Crippen LogP contribution in [-0.2, 0) is 24.3 Å². The van der Waals surface area contributed by atoms with Gasteiger partial charge >= 0.3 is 0 Å². The summed E-state index contributed by atoms with van der Waals surface area (Å²) in [6.45, 7) is 3.37. The molecule has 0 atom stereocenters. The van der Waals surface area contributed by atoms with Gasteiger partial charge in [-0.3, -0.25) is 9.69 Å². The third-order valence-corrected chi connectivity index (χ3v) is 5.87. The molecule has 0 radical (unpaired) electrons. The first-order chi connectivity index (χ1) is 12.7. The molecule has 0 bridgehead atoms. The van der Waals surface area contributed by atoms with Crippen LogP contribution in [0.1, 0.15) is 35.1 Å². The smallest absolute Gasteiger partial charge is 0.226 e. The second-order valence-corrected chi connectivity index (χ2v) is 7.49. The van der Waals surface area contributed by atoms with Crippen LogP contribution in [-0.4, -0.2) is 23.9 Å². The van der Waals surface area contributed by atoms with E-state index in [0.29, 0.717) is 12.1 Å². The minimum absolute atomic E-state index is 0.215. The molecule has 0 aromatic heterocycles. The molecular weight excluding hydrogens is 322 g/mol. The van der Waals surface area contributed by atoms with E-state index >= 15 is 0 Å². The fourth-order valence-corrected chi connectivity index (χ4v) is 4.20. The summed E-state index contributed by atoms with van der Waals surface area (Å²) in [7, 11) is 0. The van der Waals surface area contributed by atoms with E-state index in [1.165, 1.54) is 16.7 Å². The normalized spacial score (nSPS) is 19.3. The number of benzene rings is 2. The number of amides is 1. The van der Waals surface area contributed by atoms with Gasteiger partial charge in [-0.1, -0.05) is 36.4 Å². The summed E-state index contributed by atoms with van der Waals surface area (Å²) in [6, 6.07) is 18.4. The first kappa shape index (κ1) is 16.8. The van der Waals surface area contributed by atoms with Crippen molar-refractivity contribution in [2.45, 2.75) is 32.4 Å². The van der Waals surface area contributed by atoms with Crippen LogP contribution in [0.3, 0.4) is 0 Å². The lowest BCUT2D eigenvalue weighted by atomic mass is 9.73. The molecule has 132 valence electrons. The van der Waals surface area contributed by atoms with Crippen molar-refractivity contribution < 1.29 is 4.79 Å². The molecule has 1 N–H and O–H groups in total. The van der Waals surface area contributed by atoms with Gasteiger partial charge in [-0.2, -0.15) is 5.26 Å². The molecule has 2 aliphatic heterocycles. The first-order valence-electron chi connectivity index (χ1n) is 9.25. The van der Waals surface area contributed by atoms with Crippen molar-refractivity contribution in [3.05, 3.63) is 70.8 Å². The third kappa shape index (κ3) is 3.23. The Bertz CT molecular complexity index is 842. The molecule has 1 spiro atoms. The SMILES string of the molecule is N#Cc1ccc(CN2CCC3(CC2)Cc2ccccc2CNC3=O)cc1. The van der Waals surface area contributed by atoms with Crippen LogP contribution < -0.4 is 5.32 Å². The van der Waals surface area contributed by atoms with E-state index in [9.17, 15) is 4.79 Å². The summed E-state index contributed by atoms with van der Waals surface area (Å²) in [5.41, 5.74) is 4.20. The molecule has 1 amide bonds. The van der Waals surface area contributed by atoms with Gasteiger partial charge in [-0.15, -0.1) is 0 Å². The fourth-order valence-electron chi connectivity index (χ4n) is 4.20. The molecule has 0 saturated carbocycles. The van der Waals surface area contributed by atoms with Gasteiger partial charge in [0.25, 0.3) is 0 Å². The maximum atomic E-state index is 12.8. The predicted molar refractivity (Wildman–Crippen MR) is 100 cm³/mol. The quantitative estimate of drug-likeness (QED) is 0.910. The average Bonchev–Trinajstić information content (AvgIpc) is 2.82. The van der Waals surface area contributed by atoms with Gasteiger partial charge in [0.05, 0.1) is 17.0 Å². The summed E-state index contributed by atoms with van der Waals surface area (Å²) in [5.74, 6) is 0.215. The van der Waals surface area contributed by atoms with Gasteiger partial charge in [0.2, 0.25) is 5.91 Å². The van der Waals surface area contributed by atoms with Crippen molar-refractivity contribution >= 4 is 5.91 Å². The van der Waals surface area contributed by atoms with E-state index in [4.69, 9.17) is 5.26 Å². The number of piperidine rings is 1. The molecule has 2 aromatic rings. The van der Waals surface area contributed by atoms with Crippen LogP contribution in [0.25, 0.3) is 0 Å². The van der Waals surface area contributed by atoms with Crippen LogP contribution in [0.15, 0.2) is 48.5 Å². The highest BCUT2D eigenvalue weighted by molar-refractivity contribution is 5.83. The number of nitriles is 1. The Kier molecular flexibility index (Phi) is 4.48. The zero-order chi connectivity index (χ0) is 18.0. The summed E-state index contributed by atoms with van der Waals surface area (Å²) in [4.78, 5) is 15.2. The van der Waals surface area contributed by atoms with E-state index in [2.05, 4.69) is 34.5 Å². The number of nitrogens with zero attached hydrogens (tertiary/aromatic N) is 2. The van der Waals surface area contributed by atoms with Crippen LogP contribution in [0.2, 0.25) is 0 Å². The van der Waals surface area contributed by atoms with E-state index in [0.717, 1.165) is 38.9 Å². The Morgan fingerprint density at radius 3 is 2.42 bits per heavy atom.